The number of carbonyl (C=O) groups is 1. The predicted molar refractivity (Wildman–Crippen MR) is 90.7 cm³/mol. The molecular weight excluding hydrogens is 345 g/mol. The Morgan fingerprint density at radius 3 is 2.50 bits per heavy atom. The molecule has 0 radical (unpaired) electrons. The Hall–Kier alpha value is -2.64. The van der Waals surface area contributed by atoms with Crippen molar-refractivity contribution < 1.29 is 18.0 Å². The summed E-state index contributed by atoms with van der Waals surface area (Å²) in [5, 5.41) is 2.91. The van der Waals surface area contributed by atoms with Crippen LogP contribution in [0.4, 0.5) is 19.1 Å². The van der Waals surface area contributed by atoms with Crippen LogP contribution in [-0.2, 0) is 6.18 Å². The van der Waals surface area contributed by atoms with Gasteiger partial charge in [-0.25, -0.2) is 9.97 Å². The lowest BCUT2D eigenvalue weighted by atomic mass is 9.97. The SMILES string of the molecule is O=C(NCC1CCN(c2nccc(C(F)(F)F)n2)CC1)c1ccccc1. The maximum atomic E-state index is 12.8. The maximum Gasteiger partial charge on any atom is 0.433 e. The predicted octanol–water partition coefficient (Wildman–Crippen LogP) is 3.14. The molecule has 2 aromatic rings. The van der Waals surface area contributed by atoms with Gasteiger partial charge in [0, 0.05) is 31.4 Å². The first kappa shape index (κ1) is 18.2. The van der Waals surface area contributed by atoms with Gasteiger partial charge in [0.25, 0.3) is 5.91 Å². The normalized spacial score (nSPS) is 15.7. The summed E-state index contributed by atoms with van der Waals surface area (Å²) in [5.74, 6) is 0.269. The smallest absolute Gasteiger partial charge is 0.352 e. The summed E-state index contributed by atoms with van der Waals surface area (Å²) >= 11 is 0. The summed E-state index contributed by atoms with van der Waals surface area (Å²) in [5.41, 5.74) is -0.318. The van der Waals surface area contributed by atoms with Crippen LogP contribution < -0.4 is 10.2 Å². The summed E-state index contributed by atoms with van der Waals surface area (Å²) < 4.78 is 38.3. The lowest BCUT2D eigenvalue weighted by Crippen LogP contribution is -2.39. The van der Waals surface area contributed by atoms with Gasteiger partial charge in [0.05, 0.1) is 0 Å². The van der Waals surface area contributed by atoms with E-state index in [1.807, 2.05) is 18.2 Å². The number of amides is 1. The highest BCUT2D eigenvalue weighted by Gasteiger charge is 2.33. The lowest BCUT2D eigenvalue weighted by molar-refractivity contribution is -0.141. The summed E-state index contributed by atoms with van der Waals surface area (Å²) in [6.45, 7) is 1.67. The van der Waals surface area contributed by atoms with E-state index in [1.165, 1.54) is 0 Å². The molecule has 1 aromatic heterocycles. The molecule has 138 valence electrons. The fraction of sp³-hybridized carbons (Fsp3) is 0.389. The summed E-state index contributed by atoms with van der Waals surface area (Å²) in [6.07, 6.45) is -1.82. The number of rotatable bonds is 4. The van der Waals surface area contributed by atoms with Crippen molar-refractivity contribution in [3.63, 3.8) is 0 Å². The number of piperidine rings is 1. The van der Waals surface area contributed by atoms with Gasteiger partial charge >= 0.3 is 6.18 Å². The van der Waals surface area contributed by atoms with Crippen LogP contribution in [0.25, 0.3) is 0 Å². The number of hydrogen-bond donors (Lipinski definition) is 1. The van der Waals surface area contributed by atoms with Crippen LogP contribution in [0, 0.1) is 5.92 Å². The minimum Gasteiger partial charge on any atom is -0.352 e. The molecule has 1 fully saturated rings. The van der Waals surface area contributed by atoms with Gasteiger partial charge < -0.3 is 10.2 Å². The Balaban J connectivity index is 1.51. The summed E-state index contributed by atoms with van der Waals surface area (Å²) in [6, 6.07) is 9.84. The topological polar surface area (TPSA) is 58.1 Å². The zero-order valence-electron chi connectivity index (χ0n) is 14.0. The van der Waals surface area contributed by atoms with Crippen LogP contribution in [0.3, 0.4) is 0 Å². The molecule has 1 saturated heterocycles. The molecule has 2 heterocycles. The second-order valence-corrected chi connectivity index (χ2v) is 6.25. The molecule has 1 amide bonds. The zero-order chi connectivity index (χ0) is 18.6. The molecule has 0 bridgehead atoms. The molecular formula is C18H19F3N4O. The number of alkyl halides is 3. The van der Waals surface area contributed by atoms with Crippen LogP contribution >= 0.6 is 0 Å². The van der Waals surface area contributed by atoms with Crippen molar-refractivity contribution in [2.75, 3.05) is 24.5 Å². The number of nitrogens with one attached hydrogen (secondary N) is 1. The number of halogens is 3. The van der Waals surface area contributed by atoms with Crippen molar-refractivity contribution >= 4 is 11.9 Å². The van der Waals surface area contributed by atoms with Crippen LogP contribution in [0.5, 0.6) is 0 Å². The highest BCUT2D eigenvalue weighted by atomic mass is 19.4. The van der Waals surface area contributed by atoms with E-state index in [1.54, 1.807) is 17.0 Å². The molecule has 1 aromatic carbocycles. The standard InChI is InChI=1S/C18H19F3N4O/c19-18(20,21)15-6-9-22-17(24-15)25-10-7-13(8-11-25)12-23-16(26)14-4-2-1-3-5-14/h1-6,9,13H,7-8,10-12H2,(H,23,26). The van der Waals surface area contributed by atoms with Gasteiger partial charge in [-0.15, -0.1) is 0 Å². The molecule has 5 nitrogen and oxygen atoms in total. The molecule has 1 N–H and O–H groups in total. The third-order valence-electron chi connectivity index (χ3n) is 4.42. The zero-order valence-corrected chi connectivity index (χ0v) is 14.0. The number of benzene rings is 1. The van der Waals surface area contributed by atoms with Crippen molar-refractivity contribution in [2.45, 2.75) is 19.0 Å². The van der Waals surface area contributed by atoms with Crippen molar-refractivity contribution in [1.29, 1.82) is 0 Å². The monoisotopic (exact) mass is 364 g/mol. The van der Waals surface area contributed by atoms with Crippen molar-refractivity contribution in [2.24, 2.45) is 5.92 Å². The first-order valence-corrected chi connectivity index (χ1v) is 8.42. The molecule has 26 heavy (non-hydrogen) atoms. The second kappa shape index (κ2) is 7.72. The van der Waals surface area contributed by atoms with E-state index in [-0.39, 0.29) is 17.8 Å². The highest BCUT2D eigenvalue weighted by Crippen LogP contribution is 2.29. The van der Waals surface area contributed by atoms with E-state index in [4.69, 9.17) is 0 Å². The first-order chi connectivity index (χ1) is 12.4. The van der Waals surface area contributed by atoms with E-state index < -0.39 is 11.9 Å². The van der Waals surface area contributed by atoms with Gasteiger partial charge in [0.2, 0.25) is 5.95 Å². The molecule has 0 spiro atoms. The maximum absolute atomic E-state index is 12.8. The molecule has 8 heteroatoms. The van der Waals surface area contributed by atoms with Crippen molar-refractivity contribution in [3.8, 4) is 0 Å². The lowest BCUT2D eigenvalue weighted by Gasteiger charge is -2.32. The van der Waals surface area contributed by atoms with E-state index in [2.05, 4.69) is 15.3 Å². The third kappa shape index (κ3) is 4.50. The van der Waals surface area contributed by atoms with E-state index in [9.17, 15) is 18.0 Å². The Kier molecular flexibility index (Phi) is 5.39. The first-order valence-electron chi connectivity index (χ1n) is 8.42. The molecule has 0 atom stereocenters. The largest absolute Gasteiger partial charge is 0.433 e. The molecule has 1 aliphatic rings. The Labute approximate surface area is 149 Å². The van der Waals surface area contributed by atoms with Gasteiger partial charge in [-0.1, -0.05) is 18.2 Å². The molecule has 0 aliphatic carbocycles. The van der Waals surface area contributed by atoms with E-state index >= 15 is 0 Å². The Bertz CT molecular complexity index is 744. The minimum absolute atomic E-state index is 0.103. The number of anilines is 1. The third-order valence-corrected chi connectivity index (χ3v) is 4.42. The molecule has 3 rings (SSSR count). The number of hydrogen-bond acceptors (Lipinski definition) is 4. The minimum atomic E-state index is -4.47. The van der Waals surface area contributed by atoms with Crippen LogP contribution in [0.15, 0.2) is 42.6 Å². The van der Waals surface area contributed by atoms with Crippen LogP contribution in [0.2, 0.25) is 0 Å². The van der Waals surface area contributed by atoms with E-state index in [0.29, 0.717) is 25.2 Å². The fourth-order valence-corrected chi connectivity index (χ4v) is 2.92. The van der Waals surface area contributed by atoms with E-state index in [0.717, 1.165) is 25.1 Å². The van der Waals surface area contributed by atoms with Crippen molar-refractivity contribution in [3.05, 3.63) is 53.9 Å². The average molecular weight is 364 g/mol. The average Bonchev–Trinajstić information content (AvgIpc) is 2.66. The summed E-state index contributed by atoms with van der Waals surface area (Å²) in [7, 11) is 0. The molecule has 1 aliphatic heterocycles. The van der Waals surface area contributed by atoms with Gasteiger partial charge in [-0.05, 0) is 37.0 Å². The highest BCUT2D eigenvalue weighted by molar-refractivity contribution is 5.94. The quantitative estimate of drug-likeness (QED) is 0.906. The van der Waals surface area contributed by atoms with Crippen molar-refractivity contribution in [1.82, 2.24) is 15.3 Å². The fourth-order valence-electron chi connectivity index (χ4n) is 2.92. The molecule has 0 unspecified atom stereocenters. The van der Waals surface area contributed by atoms with Gasteiger partial charge in [0.15, 0.2) is 0 Å². The Morgan fingerprint density at radius 2 is 1.85 bits per heavy atom. The number of nitrogens with zero attached hydrogens (tertiary/aromatic N) is 3. The number of aromatic nitrogens is 2. The Morgan fingerprint density at radius 1 is 1.15 bits per heavy atom. The van der Waals surface area contributed by atoms with Gasteiger partial charge in [0.1, 0.15) is 5.69 Å². The second-order valence-electron chi connectivity index (χ2n) is 6.25. The van der Waals surface area contributed by atoms with Crippen LogP contribution in [0.1, 0.15) is 28.9 Å². The van der Waals surface area contributed by atoms with Gasteiger partial charge in [-0.3, -0.25) is 4.79 Å². The summed E-state index contributed by atoms with van der Waals surface area (Å²) in [4.78, 5) is 21.4. The van der Waals surface area contributed by atoms with Crippen LogP contribution in [-0.4, -0.2) is 35.5 Å². The molecule has 0 saturated carbocycles. The van der Waals surface area contributed by atoms with Gasteiger partial charge in [-0.2, -0.15) is 13.2 Å². The number of carbonyl (C=O) groups excluding carboxylic acids is 1.